The van der Waals surface area contributed by atoms with E-state index >= 15 is 0 Å². The Labute approximate surface area is 122 Å². The van der Waals surface area contributed by atoms with Gasteiger partial charge in [-0.3, -0.25) is 14.8 Å². The second kappa shape index (κ2) is 5.20. The first-order valence-electron chi connectivity index (χ1n) is 7.08. The molecule has 1 atom stereocenters. The minimum atomic E-state index is -0.348. The topological polar surface area (TPSA) is 73.0 Å². The second-order valence-corrected chi connectivity index (χ2v) is 5.52. The predicted octanol–water partition coefficient (Wildman–Crippen LogP) is 3.13. The maximum absolute atomic E-state index is 10.9. The van der Waals surface area contributed by atoms with Crippen molar-refractivity contribution in [3.05, 3.63) is 51.3 Å². The van der Waals surface area contributed by atoms with E-state index in [-0.39, 0.29) is 16.7 Å². The number of hydrogen-bond acceptors (Lipinski definition) is 4. The molecule has 1 N–H and O–H groups in total. The zero-order valence-corrected chi connectivity index (χ0v) is 12.2. The van der Waals surface area contributed by atoms with E-state index in [0.717, 1.165) is 24.9 Å². The van der Waals surface area contributed by atoms with Crippen LogP contribution in [0.2, 0.25) is 0 Å². The number of hydrogen-bond donors (Lipinski definition) is 1. The van der Waals surface area contributed by atoms with Crippen LogP contribution < -0.4 is 5.32 Å². The first-order valence-corrected chi connectivity index (χ1v) is 7.08. The van der Waals surface area contributed by atoms with Crippen LogP contribution >= 0.6 is 0 Å². The van der Waals surface area contributed by atoms with Crippen molar-refractivity contribution in [1.82, 2.24) is 9.78 Å². The second-order valence-electron chi connectivity index (χ2n) is 5.52. The molecule has 2 aromatic rings. The van der Waals surface area contributed by atoms with E-state index in [0.29, 0.717) is 5.56 Å². The fourth-order valence-electron chi connectivity index (χ4n) is 3.01. The average molecular weight is 286 g/mol. The summed E-state index contributed by atoms with van der Waals surface area (Å²) in [4.78, 5) is 10.5. The smallest absolute Gasteiger partial charge is 0.272 e. The molecule has 1 aliphatic rings. The Bertz CT molecular complexity index is 693. The molecule has 0 saturated heterocycles. The van der Waals surface area contributed by atoms with Crippen molar-refractivity contribution in [3.8, 4) is 0 Å². The Morgan fingerprint density at radius 3 is 3.00 bits per heavy atom. The molecular formula is C15H18N4O2. The Kier molecular flexibility index (Phi) is 3.37. The molecule has 1 heterocycles. The SMILES string of the molecule is Cc1cc(NC2CCCc3c2cnn3C)ccc1[N+](=O)[O-]. The lowest BCUT2D eigenvalue weighted by molar-refractivity contribution is -0.385. The van der Waals surface area contributed by atoms with Crippen LogP contribution in [0.5, 0.6) is 0 Å². The van der Waals surface area contributed by atoms with E-state index in [1.54, 1.807) is 19.1 Å². The summed E-state index contributed by atoms with van der Waals surface area (Å²) in [5.74, 6) is 0. The monoisotopic (exact) mass is 286 g/mol. The summed E-state index contributed by atoms with van der Waals surface area (Å²) in [5, 5.41) is 18.7. The van der Waals surface area contributed by atoms with Gasteiger partial charge in [0.05, 0.1) is 17.2 Å². The van der Waals surface area contributed by atoms with Gasteiger partial charge in [-0.05, 0) is 38.3 Å². The number of rotatable bonds is 3. The molecule has 6 nitrogen and oxygen atoms in total. The van der Waals surface area contributed by atoms with Gasteiger partial charge in [-0.1, -0.05) is 0 Å². The minimum absolute atomic E-state index is 0.159. The Balaban J connectivity index is 1.85. The van der Waals surface area contributed by atoms with Crippen LogP contribution in [-0.2, 0) is 13.5 Å². The van der Waals surface area contributed by atoms with Crippen molar-refractivity contribution in [3.63, 3.8) is 0 Å². The summed E-state index contributed by atoms with van der Waals surface area (Å²) < 4.78 is 1.93. The fourth-order valence-corrected chi connectivity index (χ4v) is 3.01. The van der Waals surface area contributed by atoms with Gasteiger partial charge in [0.2, 0.25) is 0 Å². The number of benzene rings is 1. The summed E-state index contributed by atoms with van der Waals surface area (Å²) in [6, 6.07) is 5.40. The van der Waals surface area contributed by atoms with Crippen LogP contribution in [0.4, 0.5) is 11.4 Å². The molecule has 1 aliphatic carbocycles. The van der Waals surface area contributed by atoms with Gasteiger partial charge in [0, 0.05) is 35.6 Å². The van der Waals surface area contributed by atoms with Gasteiger partial charge in [0.1, 0.15) is 0 Å². The van der Waals surface area contributed by atoms with E-state index in [1.165, 1.54) is 11.3 Å². The Morgan fingerprint density at radius 2 is 2.29 bits per heavy atom. The molecule has 1 aromatic heterocycles. The maximum atomic E-state index is 10.9. The third-order valence-electron chi connectivity index (χ3n) is 4.11. The molecule has 21 heavy (non-hydrogen) atoms. The molecule has 0 aliphatic heterocycles. The van der Waals surface area contributed by atoms with Gasteiger partial charge in [0.15, 0.2) is 0 Å². The van der Waals surface area contributed by atoms with Crippen molar-refractivity contribution in [2.45, 2.75) is 32.2 Å². The molecule has 0 amide bonds. The first kappa shape index (κ1) is 13.6. The van der Waals surface area contributed by atoms with Crippen molar-refractivity contribution >= 4 is 11.4 Å². The Hall–Kier alpha value is -2.37. The molecule has 0 saturated carbocycles. The number of aryl methyl sites for hydroxylation is 2. The molecule has 1 unspecified atom stereocenters. The van der Waals surface area contributed by atoms with Gasteiger partial charge in [-0.15, -0.1) is 0 Å². The standard InChI is InChI=1S/C15H18N4O2/c1-10-8-11(6-7-14(10)19(20)21)17-13-4-3-5-15-12(13)9-16-18(15)2/h6-9,13,17H,3-5H2,1-2H3. The lowest BCUT2D eigenvalue weighted by Crippen LogP contribution is -2.17. The number of anilines is 1. The lowest BCUT2D eigenvalue weighted by atomic mass is 9.92. The number of nitro benzene ring substituents is 1. The maximum Gasteiger partial charge on any atom is 0.272 e. The van der Waals surface area contributed by atoms with Crippen molar-refractivity contribution in [2.75, 3.05) is 5.32 Å². The largest absolute Gasteiger partial charge is 0.378 e. The van der Waals surface area contributed by atoms with Gasteiger partial charge in [0.25, 0.3) is 5.69 Å². The van der Waals surface area contributed by atoms with Gasteiger partial charge < -0.3 is 5.32 Å². The predicted molar refractivity (Wildman–Crippen MR) is 80.3 cm³/mol. The summed E-state index contributed by atoms with van der Waals surface area (Å²) in [6.45, 7) is 1.76. The van der Waals surface area contributed by atoms with Gasteiger partial charge in [-0.2, -0.15) is 5.10 Å². The normalized spacial score (nSPS) is 17.3. The van der Waals surface area contributed by atoms with Crippen LogP contribution in [0.3, 0.4) is 0 Å². The third-order valence-corrected chi connectivity index (χ3v) is 4.11. The molecule has 0 fully saturated rings. The molecule has 1 aromatic carbocycles. The van der Waals surface area contributed by atoms with Gasteiger partial charge in [-0.25, -0.2) is 0 Å². The summed E-state index contributed by atoms with van der Waals surface area (Å²) in [7, 11) is 1.97. The molecule has 110 valence electrons. The summed E-state index contributed by atoms with van der Waals surface area (Å²) in [6.07, 6.45) is 5.15. The number of aromatic nitrogens is 2. The van der Waals surface area contributed by atoms with E-state index in [4.69, 9.17) is 0 Å². The highest BCUT2D eigenvalue weighted by atomic mass is 16.6. The van der Waals surface area contributed by atoms with E-state index in [2.05, 4.69) is 10.4 Å². The third kappa shape index (κ3) is 2.49. The molecular weight excluding hydrogens is 268 g/mol. The first-order chi connectivity index (χ1) is 10.1. The number of nitrogens with zero attached hydrogens (tertiary/aromatic N) is 3. The molecule has 3 rings (SSSR count). The van der Waals surface area contributed by atoms with Crippen molar-refractivity contribution in [2.24, 2.45) is 7.05 Å². The van der Waals surface area contributed by atoms with Crippen LogP contribution in [0.1, 0.15) is 35.7 Å². The quantitative estimate of drug-likeness (QED) is 0.695. The van der Waals surface area contributed by atoms with Crippen LogP contribution in [-0.4, -0.2) is 14.7 Å². The number of nitrogens with one attached hydrogen (secondary N) is 1. The highest BCUT2D eigenvalue weighted by molar-refractivity contribution is 5.54. The molecule has 0 radical (unpaired) electrons. The summed E-state index contributed by atoms with van der Waals surface area (Å²) in [5.41, 5.74) is 4.26. The number of fused-ring (bicyclic) bond motifs is 1. The fraction of sp³-hybridized carbons (Fsp3) is 0.400. The summed E-state index contributed by atoms with van der Waals surface area (Å²) >= 11 is 0. The van der Waals surface area contributed by atoms with Crippen LogP contribution in [0, 0.1) is 17.0 Å². The number of nitro groups is 1. The highest BCUT2D eigenvalue weighted by Gasteiger charge is 2.23. The zero-order chi connectivity index (χ0) is 15.0. The van der Waals surface area contributed by atoms with Crippen LogP contribution in [0.15, 0.2) is 24.4 Å². The van der Waals surface area contributed by atoms with E-state index in [9.17, 15) is 10.1 Å². The van der Waals surface area contributed by atoms with Gasteiger partial charge >= 0.3 is 0 Å². The van der Waals surface area contributed by atoms with Crippen molar-refractivity contribution in [1.29, 1.82) is 0 Å². The van der Waals surface area contributed by atoms with E-state index in [1.807, 2.05) is 24.0 Å². The Morgan fingerprint density at radius 1 is 1.48 bits per heavy atom. The molecule has 0 spiro atoms. The minimum Gasteiger partial charge on any atom is -0.378 e. The average Bonchev–Trinajstić information content (AvgIpc) is 2.81. The molecule has 6 heteroatoms. The highest BCUT2D eigenvalue weighted by Crippen LogP contribution is 2.33. The lowest BCUT2D eigenvalue weighted by Gasteiger charge is -2.25. The molecule has 0 bridgehead atoms. The van der Waals surface area contributed by atoms with Crippen molar-refractivity contribution < 1.29 is 4.92 Å². The van der Waals surface area contributed by atoms with Crippen LogP contribution in [0.25, 0.3) is 0 Å². The zero-order valence-electron chi connectivity index (χ0n) is 12.2. The van der Waals surface area contributed by atoms with E-state index < -0.39 is 0 Å².